The van der Waals surface area contributed by atoms with Gasteiger partial charge in [0.15, 0.2) is 0 Å². The van der Waals surface area contributed by atoms with Crippen molar-refractivity contribution in [3.05, 3.63) is 0 Å². The minimum Gasteiger partial charge on any atom is -0.330 e. The molecule has 3 atom stereocenters. The molecular formula is C14H30N2. The first-order chi connectivity index (χ1) is 7.51. The molecule has 0 saturated carbocycles. The van der Waals surface area contributed by atoms with E-state index in [4.69, 9.17) is 5.73 Å². The summed E-state index contributed by atoms with van der Waals surface area (Å²) in [5, 5.41) is 0. The van der Waals surface area contributed by atoms with Crippen molar-refractivity contribution in [1.29, 1.82) is 0 Å². The van der Waals surface area contributed by atoms with Gasteiger partial charge in [0, 0.05) is 19.6 Å². The molecule has 0 aromatic carbocycles. The van der Waals surface area contributed by atoms with Crippen LogP contribution in [-0.2, 0) is 0 Å². The maximum absolute atomic E-state index is 5.88. The molecule has 0 aliphatic carbocycles. The van der Waals surface area contributed by atoms with Gasteiger partial charge in [-0.2, -0.15) is 0 Å². The molecule has 1 heterocycles. The fourth-order valence-corrected chi connectivity index (χ4v) is 3.22. The summed E-state index contributed by atoms with van der Waals surface area (Å²) >= 11 is 0. The van der Waals surface area contributed by atoms with E-state index in [0.717, 1.165) is 24.3 Å². The highest BCUT2D eigenvalue weighted by molar-refractivity contribution is 4.77. The minimum absolute atomic E-state index is 0.692. The van der Waals surface area contributed by atoms with Gasteiger partial charge < -0.3 is 10.6 Å². The van der Waals surface area contributed by atoms with E-state index in [1.54, 1.807) is 0 Å². The van der Waals surface area contributed by atoms with E-state index in [-0.39, 0.29) is 0 Å². The van der Waals surface area contributed by atoms with Gasteiger partial charge in [0.2, 0.25) is 0 Å². The second kappa shape index (κ2) is 6.61. The van der Waals surface area contributed by atoms with Gasteiger partial charge in [-0.15, -0.1) is 0 Å². The summed E-state index contributed by atoms with van der Waals surface area (Å²) in [5.74, 6) is 3.19. The van der Waals surface area contributed by atoms with Crippen LogP contribution in [0, 0.1) is 23.7 Å². The van der Waals surface area contributed by atoms with Gasteiger partial charge in [0.1, 0.15) is 0 Å². The average Bonchev–Trinajstić information content (AvgIpc) is 2.14. The maximum atomic E-state index is 5.88. The Morgan fingerprint density at radius 1 is 1.19 bits per heavy atom. The van der Waals surface area contributed by atoms with E-state index < -0.39 is 0 Å². The Morgan fingerprint density at radius 2 is 1.75 bits per heavy atom. The van der Waals surface area contributed by atoms with Crippen LogP contribution in [0.4, 0.5) is 0 Å². The summed E-state index contributed by atoms with van der Waals surface area (Å²) < 4.78 is 0. The molecule has 2 heteroatoms. The van der Waals surface area contributed by atoms with Crippen LogP contribution in [0.3, 0.4) is 0 Å². The lowest BCUT2D eigenvalue weighted by Crippen LogP contribution is -2.42. The Kier molecular flexibility index (Phi) is 5.77. The Balaban J connectivity index is 2.38. The van der Waals surface area contributed by atoms with Gasteiger partial charge in [-0.3, -0.25) is 0 Å². The Morgan fingerprint density at radius 3 is 2.19 bits per heavy atom. The SMILES string of the molecule is CC(C)CC(CN)CN1CC(C)CC(C)C1. The lowest BCUT2D eigenvalue weighted by Gasteiger charge is -2.37. The van der Waals surface area contributed by atoms with Crippen LogP contribution in [0.15, 0.2) is 0 Å². The largest absolute Gasteiger partial charge is 0.330 e. The van der Waals surface area contributed by atoms with Gasteiger partial charge in [-0.25, -0.2) is 0 Å². The first kappa shape index (κ1) is 14.0. The third kappa shape index (κ3) is 4.84. The van der Waals surface area contributed by atoms with Crippen molar-refractivity contribution < 1.29 is 0 Å². The van der Waals surface area contributed by atoms with Crippen molar-refractivity contribution in [3.8, 4) is 0 Å². The first-order valence-electron chi connectivity index (χ1n) is 6.93. The van der Waals surface area contributed by atoms with E-state index in [2.05, 4.69) is 32.6 Å². The van der Waals surface area contributed by atoms with Crippen molar-refractivity contribution in [1.82, 2.24) is 4.90 Å². The fraction of sp³-hybridized carbons (Fsp3) is 1.00. The molecule has 0 radical (unpaired) electrons. The Bertz CT molecular complexity index is 181. The topological polar surface area (TPSA) is 29.3 Å². The van der Waals surface area contributed by atoms with Gasteiger partial charge in [-0.05, 0) is 43.1 Å². The molecule has 0 amide bonds. The zero-order valence-corrected chi connectivity index (χ0v) is 11.6. The second-order valence-electron chi connectivity index (χ2n) is 6.40. The summed E-state index contributed by atoms with van der Waals surface area (Å²) in [7, 11) is 0. The predicted molar refractivity (Wildman–Crippen MR) is 71.4 cm³/mol. The molecule has 1 saturated heterocycles. The van der Waals surface area contributed by atoms with E-state index in [1.165, 1.54) is 32.5 Å². The number of piperidine rings is 1. The molecule has 2 nitrogen and oxygen atoms in total. The highest BCUT2D eigenvalue weighted by Gasteiger charge is 2.23. The zero-order chi connectivity index (χ0) is 12.1. The van der Waals surface area contributed by atoms with Crippen LogP contribution in [0.2, 0.25) is 0 Å². The van der Waals surface area contributed by atoms with E-state index in [0.29, 0.717) is 5.92 Å². The van der Waals surface area contributed by atoms with Crippen molar-refractivity contribution >= 4 is 0 Å². The summed E-state index contributed by atoms with van der Waals surface area (Å²) in [6, 6.07) is 0. The Hall–Kier alpha value is -0.0800. The minimum atomic E-state index is 0.692. The van der Waals surface area contributed by atoms with Crippen LogP contribution in [-0.4, -0.2) is 31.1 Å². The van der Waals surface area contributed by atoms with Crippen molar-refractivity contribution in [2.45, 2.75) is 40.5 Å². The third-order valence-electron chi connectivity index (χ3n) is 3.60. The molecule has 96 valence electrons. The number of likely N-dealkylation sites (tertiary alicyclic amines) is 1. The number of nitrogens with zero attached hydrogens (tertiary/aromatic N) is 1. The molecule has 0 spiro atoms. The molecule has 1 rings (SSSR count). The summed E-state index contributed by atoms with van der Waals surface area (Å²) in [5.41, 5.74) is 5.88. The molecular weight excluding hydrogens is 196 g/mol. The second-order valence-corrected chi connectivity index (χ2v) is 6.40. The van der Waals surface area contributed by atoms with Crippen LogP contribution in [0.1, 0.15) is 40.5 Å². The van der Waals surface area contributed by atoms with Crippen molar-refractivity contribution in [2.75, 3.05) is 26.2 Å². The van der Waals surface area contributed by atoms with Crippen molar-refractivity contribution in [2.24, 2.45) is 29.4 Å². The van der Waals surface area contributed by atoms with E-state index >= 15 is 0 Å². The molecule has 0 bridgehead atoms. The summed E-state index contributed by atoms with van der Waals surface area (Å²) in [6.45, 7) is 14.0. The number of rotatable bonds is 5. The molecule has 1 fully saturated rings. The van der Waals surface area contributed by atoms with Gasteiger partial charge >= 0.3 is 0 Å². The molecule has 16 heavy (non-hydrogen) atoms. The monoisotopic (exact) mass is 226 g/mol. The lowest BCUT2D eigenvalue weighted by atomic mass is 9.90. The molecule has 3 unspecified atom stereocenters. The normalized spacial score (nSPS) is 29.6. The molecule has 1 aliphatic heterocycles. The predicted octanol–water partition coefficient (Wildman–Crippen LogP) is 2.59. The van der Waals surface area contributed by atoms with E-state index in [9.17, 15) is 0 Å². The molecule has 2 N–H and O–H groups in total. The smallest absolute Gasteiger partial charge is 0.00220 e. The highest BCUT2D eigenvalue weighted by Crippen LogP contribution is 2.22. The first-order valence-corrected chi connectivity index (χ1v) is 6.93. The lowest BCUT2D eigenvalue weighted by molar-refractivity contribution is 0.118. The summed E-state index contributed by atoms with van der Waals surface area (Å²) in [4.78, 5) is 2.64. The average molecular weight is 226 g/mol. The van der Waals surface area contributed by atoms with Crippen LogP contribution in [0.5, 0.6) is 0 Å². The number of hydrogen-bond acceptors (Lipinski definition) is 2. The van der Waals surface area contributed by atoms with E-state index in [1.807, 2.05) is 0 Å². The van der Waals surface area contributed by atoms with Gasteiger partial charge in [0.25, 0.3) is 0 Å². The Labute approximate surface area is 102 Å². The zero-order valence-electron chi connectivity index (χ0n) is 11.6. The van der Waals surface area contributed by atoms with Crippen LogP contribution >= 0.6 is 0 Å². The quantitative estimate of drug-likeness (QED) is 0.781. The van der Waals surface area contributed by atoms with Crippen molar-refractivity contribution in [3.63, 3.8) is 0 Å². The standard InChI is InChI=1S/C14H30N2/c1-11(2)5-14(7-15)10-16-8-12(3)6-13(4)9-16/h11-14H,5-10,15H2,1-4H3. The third-order valence-corrected chi connectivity index (χ3v) is 3.60. The molecule has 1 aliphatic rings. The van der Waals surface area contributed by atoms with Crippen LogP contribution in [0.25, 0.3) is 0 Å². The van der Waals surface area contributed by atoms with Crippen LogP contribution < -0.4 is 5.73 Å². The fourth-order valence-electron chi connectivity index (χ4n) is 3.22. The van der Waals surface area contributed by atoms with Gasteiger partial charge in [0.05, 0.1) is 0 Å². The molecule has 0 aromatic rings. The summed E-state index contributed by atoms with van der Waals surface area (Å²) in [6.07, 6.45) is 2.67. The highest BCUT2D eigenvalue weighted by atomic mass is 15.1. The number of hydrogen-bond donors (Lipinski definition) is 1. The maximum Gasteiger partial charge on any atom is 0.00220 e. The number of nitrogens with two attached hydrogens (primary N) is 1. The van der Waals surface area contributed by atoms with Gasteiger partial charge in [-0.1, -0.05) is 27.7 Å². The molecule has 0 aromatic heterocycles.